The minimum absolute atomic E-state index is 0.0760. The normalized spacial score (nSPS) is 19.2. The summed E-state index contributed by atoms with van der Waals surface area (Å²) in [6.07, 6.45) is 4.32. The van der Waals surface area contributed by atoms with E-state index in [1.807, 2.05) is 24.2 Å². The Bertz CT molecular complexity index is 953. The molecule has 0 unspecified atom stereocenters. The number of guanidine groups is 1. The Kier molecular flexibility index (Phi) is 4.16. The van der Waals surface area contributed by atoms with Gasteiger partial charge < -0.3 is 15.0 Å². The van der Waals surface area contributed by atoms with Crippen molar-refractivity contribution in [2.75, 3.05) is 26.7 Å². The summed E-state index contributed by atoms with van der Waals surface area (Å²) in [6.45, 7) is 2.39. The molecular weight excluding hydrogens is 358 g/mol. The highest BCUT2D eigenvalue weighted by Gasteiger charge is 2.27. The molecule has 0 bridgehead atoms. The van der Waals surface area contributed by atoms with E-state index in [0.717, 1.165) is 55.0 Å². The zero-order chi connectivity index (χ0) is 19.1. The molecule has 3 aliphatic heterocycles. The first-order valence-electron chi connectivity index (χ1n) is 9.61. The standard InChI is InChI=1S/C19H23N7O2/c1-25-19(22-23-24-25)26-7-4-15(5-8-26)21-18(27)14-10-13-3-2-12-6-9-28-17(12)16(13)20-11-14/h2-3,10-11,15,23-24H,4-9H2,1H3,(H,21,27). The molecule has 2 aromatic rings. The molecule has 0 radical (unpaired) electrons. The van der Waals surface area contributed by atoms with Crippen LogP contribution in [0.4, 0.5) is 0 Å². The average molecular weight is 381 g/mol. The third-order valence-corrected chi connectivity index (χ3v) is 5.55. The maximum absolute atomic E-state index is 12.7. The largest absolute Gasteiger partial charge is 0.491 e. The van der Waals surface area contributed by atoms with Crippen LogP contribution in [0.3, 0.4) is 0 Å². The number of nitrogens with one attached hydrogen (secondary N) is 3. The van der Waals surface area contributed by atoms with Crippen molar-refractivity contribution in [1.29, 1.82) is 0 Å². The number of hydrazine groups is 2. The van der Waals surface area contributed by atoms with Crippen LogP contribution in [0.1, 0.15) is 28.8 Å². The summed E-state index contributed by atoms with van der Waals surface area (Å²) < 4.78 is 5.70. The number of pyridine rings is 1. The van der Waals surface area contributed by atoms with Crippen LogP contribution < -0.4 is 21.1 Å². The highest BCUT2D eigenvalue weighted by molar-refractivity contribution is 5.98. The fourth-order valence-corrected chi connectivity index (χ4v) is 4.01. The number of carbonyl (C=O) groups excluding carboxylic acids is 1. The van der Waals surface area contributed by atoms with Crippen LogP contribution in [-0.2, 0) is 6.42 Å². The van der Waals surface area contributed by atoms with Gasteiger partial charge in [0.1, 0.15) is 11.3 Å². The quantitative estimate of drug-likeness (QED) is 0.701. The zero-order valence-electron chi connectivity index (χ0n) is 15.7. The third kappa shape index (κ3) is 2.97. The van der Waals surface area contributed by atoms with Crippen LogP contribution in [0.15, 0.2) is 29.5 Å². The van der Waals surface area contributed by atoms with Crippen molar-refractivity contribution in [3.05, 3.63) is 35.5 Å². The van der Waals surface area contributed by atoms with Gasteiger partial charge in [-0.3, -0.25) is 14.8 Å². The van der Waals surface area contributed by atoms with Gasteiger partial charge >= 0.3 is 0 Å². The molecule has 1 amide bonds. The molecule has 0 spiro atoms. The second kappa shape index (κ2) is 6.83. The SMILES string of the molecule is CN1NNN=C1N1CCC(NC(=O)c2cnc3c4c(ccc3c2)CCO4)CC1. The number of fused-ring (bicyclic) bond motifs is 3. The van der Waals surface area contributed by atoms with Crippen molar-refractivity contribution in [2.24, 2.45) is 5.10 Å². The molecule has 1 fully saturated rings. The monoisotopic (exact) mass is 381 g/mol. The number of carbonyl (C=O) groups is 1. The van der Waals surface area contributed by atoms with Gasteiger partial charge in [0.15, 0.2) is 0 Å². The van der Waals surface area contributed by atoms with Crippen molar-refractivity contribution < 1.29 is 9.53 Å². The zero-order valence-corrected chi connectivity index (χ0v) is 15.7. The van der Waals surface area contributed by atoms with Gasteiger partial charge in [-0.15, -0.1) is 10.6 Å². The lowest BCUT2D eigenvalue weighted by atomic mass is 10.0. The second-order valence-corrected chi connectivity index (χ2v) is 7.38. The van der Waals surface area contributed by atoms with E-state index in [2.05, 4.69) is 37.4 Å². The lowest BCUT2D eigenvalue weighted by Gasteiger charge is -2.34. The highest BCUT2D eigenvalue weighted by atomic mass is 16.5. The molecule has 3 aliphatic rings. The fourth-order valence-electron chi connectivity index (χ4n) is 4.01. The predicted molar refractivity (Wildman–Crippen MR) is 104 cm³/mol. The molecule has 146 valence electrons. The molecule has 0 saturated carbocycles. The topological polar surface area (TPSA) is 94.1 Å². The Morgan fingerprint density at radius 3 is 2.96 bits per heavy atom. The number of hydrazone groups is 1. The highest BCUT2D eigenvalue weighted by Crippen LogP contribution is 2.32. The van der Waals surface area contributed by atoms with Crippen molar-refractivity contribution in [3.63, 3.8) is 0 Å². The number of rotatable bonds is 2. The molecule has 0 atom stereocenters. The lowest BCUT2D eigenvalue weighted by molar-refractivity contribution is 0.0920. The number of benzene rings is 1. The molecule has 5 rings (SSSR count). The molecule has 9 heteroatoms. The molecule has 28 heavy (non-hydrogen) atoms. The van der Waals surface area contributed by atoms with Crippen LogP contribution in [0.25, 0.3) is 10.9 Å². The lowest BCUT2D eigenvalue weighted by Crippen LogP contribution is -2.51. The Labute approximate surface area is 162 Å². The Balaban J connectivity index is 1.24. The van der Waals surface area contributed by atoms with Gasteiger partial charge in [0.05, 0.1) is 12.2 Å². The van der Waals surface area contributed by atoms with E-state index in [4.69, 9.17) is 4.74 Å². The number of amides is 1. The van der Waals surface area contributed by atoms with E-state index >= 15 is 0 Å². The molecule has 9 nitrogen and oxygen atoms in total. The van der Waals surface area contributed by atoms with Crippen molar-refractivity contribution in [2.45, 2.75) is 25.3 Å². The van der Waals surface area contributed by atoms with Crippen LogP contribution in [0, 0.1) is 0 Å². The van der Waals surface area contributed by atoms with Crippen LogP contribution in [0.2, 0.25) is 0 Å². The fraction of sp³-hybridized carbons (Fsp3) is 0.421. The molecule has 3 N–H and O–H groups in total. The van der Waals surface area contributed by atoms with Gasteiger partial charge in [-0.25, -0.2) is 5.53 Å². The van der Waals surface area contributed by atoms with Gasteiger partial charge in [-0.1, -0.05) is 12.1 Å². The number of hydrogen-bond acceptors (Lipinski definition) is 8. The predicted octanol–water partition coefficient (Wildman–Crippen LogP) is 0.590. The Morgan fingerprint density at radius 1 is 1.32 bits per heavy atom. The summed E-state index contributed by atoms with van der Waals surface area (Å²) in [7, 11) is 1.92. The van der Waals surface area contributed by atoms with Crippen molar-refractivity contribution in [3.8, 4) is 5.75 Å². The van der Waals surface area contributed by atoms with Gasteiger partial charge in [0, 0.05) is 44.2 Å². The number of nitrogens with zero attached hydrogens (tertiary/aromatic N) is 4. The van der Waals surface area contributed by atoms with Gasteiger partial charge in [0.2, 0.25) is 5.96 Å². The van der Waals surface area contributed by atoms with Crippen LogP contribution >= 0.6 is 0 Å². The van der Waals surface area contributed by atoms with E-state index in [-0.39, 0.29) is 11.9 Å². The minimum atomic E-state index is -0.0760. The summed E-state index contributed by atoms with van der Waals surface area (Å²) >= 11 is 0. The summed E-state index contributed by atoms with van der Waals surface area (Å²) in [5.41, 5.74) is 8.27. The first-order valence-corrected chi connectivity index (χ1v) is 9.61. The molecule has 0 aliphatic carbocycles. The maximum Gasteiger partial charge on any atom is 0.253 e. The van der Waals surface area contributed by atoms with E-state index in [0.29, 0.717) is 12.2 Å². The smallest absolute Gasteiger partial charge is 0.253 e. The number of likely N-dealkylation sites (tertiary alicyclic amines) is 1. The summed E-state index contributed by atoms with van der Waals surface area (Å²) in [5.74, 6) is 1.66. The molecular formula is C19H23N7O2. The van der Waals surface area contributed by atoms with E-state index in [1.165, 1.54) is 5.56 Å². The maximum atomic E-state index is 12.7. The molecule has 1 aromatic carbocycles. The summed E-state index contributed by atoms with van der Waals surface area (Å²) in [6, 6.07) is 6.13. The molecule has 1 aromatic heterocycles. The second-order valence-electron chi connectivity index (χ2n) is 7.38. The number of piperidine rings is 1. The van der Waals surface area contributed by atoms with Gasteiger partial charge in [-0.2, -0.15) is 0 Å². The number of hydrogen-bond donors (Lipinski definition) is 3. The van der Waals surface area contributed by atoms with E-state index < -0.39 is 0 Å². The van der Waals surface area contributed by atoms with Gasteiger partial charge in [0.25, 0.3) is 5.91 Å². The van der Waals surface area contributed by atoms with E-state index in [9.17, 15) is 4.79 Å². The van der Waals surface area contributed by atoms with Crippen LogP contribution in [-0.4, -0.2) is 59.5 Å². The average Bonchev–Trinajstić information content (AvgIpc) is 3.37. The number of ether oxygens (including phenoxy) is 1. The summed E-state index contributed by atoms with van der Waals surface area (Å²) in [5, 5.41) is 10.2. The van der Waals surface area contributed by atoms with Gasteiger partial charge in [-0.05, 0) is 24.5 Å². The number of aromatic nitrogens is 1. The molecule has 1 saturated heterocycles. The van der Waals surface area contributed by atoms with Crippen molar-refractivity contribution in [1.82, 2.24) is 31.3 Å². The van der Waals surface area contributed by atoms with Crippen LogP contribution in [0.5, 0.6) is 5.75 Å². The first kappa shape index (κ1) is 17.1. The Morgan fingerprint density at radius 2 is 2.18 bits per heavy atom. The summed E-state index contributed by atoms with van der Waals surface area (Å²) in [4.78, 5) is 19.4. The van der Waals surface area contributed by atoms with Crippen molar-refractivity contribution >= 4 is 22.8 Å². The third-order valence-electron chi connectivity index (χ3n) is 5.55. The molecule has 4 heterocycles. The Hall–Kier alpha value is -3.07. The van der Waals surface area contributed by atoms with E-state index in [1.54, 1.807) is 6.20 Å². The first-order chi connectivity index (χ1) is 13.7. The minimum Gasteiger partial charge on any atom is -0.491 e.